The third-order valence-electron chi connectivity index (χ3n) is 3.29. The zero-order valence-electron chi connectivity index (χ0n) is 10.0. The Morgan fingerprint density at radius 2 is 1.94 bits per heavy atom. The van der Waals surface area contributed by atoms with Gasteiger partial charge in [0.1, 0.15) is 10.8 Å². The smallest absolute Gasteiger partial charge is 0.251 e. The van der Waals surface area contributed by atoms with E-state index in [9.17, 15) is 13.2 Å². The van der Waals surface area contributed by atoms with E-state index in [2.05, 4.69) is 15.9 Å². The number of alkyl halides is 1. The highest BCUT2D eigenvalue weighted by molar-refractivity contribution is 9.10. The van der Waals surface area contributed by atoms with Crippen LogP contribution in [0.1, 0.15) is 12.8 Å². The van der Waals surface area contributed by atoms with Crippen LogP contribution in [0.25, 0.3) is 0 Å². The highest BCUT2D eigenvalue weighted by Crippen LogP contribution is 2.17. The standard InChI is InChI=1S/C10H17BrN2O4S/c11-8-18(15,16)13-5-3-12(4-6-13)10(14)9-2-1-7-17-9/h9H,1-8H2. The molecule has 2 fully saturated rings. The van der Waals surface area contributed by atoms with Crippen LogP contribution >= 0.6 is 15.9 Å². The molecule has 0 N–H and O–H groups in total. The van der Waals surface area contributed by atoms with Gasteiger partial charge in [0.05, 0.1) is 0 Å². The molecule has 2 aliphatic heterocycles. The number of nitrogens with zero attached hydrogens (tertiary/aromatic N) is 2. The van der Waals surface area contributed by atoms with Crippen LogP contribution in [0.4, 0.5) is 0 Å². The SMILES string of the molecule is O=C(C1CCCO1)N1CCN(S(=O)(=O)CBr)CC1. The van der Waals surface area contributed by atoms with Gasteiger partial charge in [0.2, 0.25) is 10.0 Å². The summed E-state index contributed by atoms with van der Waals surface area (Å²) >= 11 is 2.97. The number of halogens is 1. The van der Waals surface area contributed by atoms with Crippen molar-refractivity contribution in [3.05, 3.63) is 0 Å². The molecular formula is C10H17BrN2O4S. The number of amides is 1. The van der Waals surface area contributed by atoms with Crippen LogP contribution in [0.2, 0.25) is 0 Å². The van der Waals surface area contributed by atoms with E-state index in [0.717, 1.165) is 12.8 Å². The topological polar surface area (TPSA) is 66.9 Å². The summed E-state index contributed by atoms with van der Waals surface area (Å²) in [7, 11) is -3.21. The zero-order valence-corrected chi connectivity index (χ0v) is 12.5. The van der Waals surface area contributed by atoms with Crippen LogP contribution < -0.4 is 0 Å². The number of piperazine rings is 1. The number of hydrogen-bond acceptors (Lipinski definition) is 4. The predicted octanol–water partition coefficient (Wildman–Crippen LogP) is -0.00820. The molecule has 2 rings (SSSR count). The van der Waals surface area contributed by atoms with Crippen molar-refractivity contribution in [2.45, 2.75) is 18.9 Å². The fourth-order valence-corrected chi connectivity index (χ4v) is 3.96. The molecule has 0 aliphatic carbocycles. The molecule has 1 atom stereocenters. The van der Waals surface area contributed by atoms with E-state index in [-0.39, 0.29) is 16.7 Å². The molecule has 0 saturated carbocycles. The molecule has 0 radical (unpaired) electrons. The second kappa shape index (κ2) is 5.85. The molecular weight excluding hydrogens is 324 g/mol. The maximum absolute atomic E-state index is 12.0. The molecule has 0 spiro atoms. The van der Waals surface area contributed by atoms with E-state index in [1.807, 2.05) is 0 Å². The van der Waals surface area contributed by atoms with Crippen molar-refractivity contribution in [2.24, 2.45) is 0 Å². The number of sulfonamides is 1. The van der Waals surface area contributed by atoms with Gasteiger partial charge in [-0.2, -0.15) is 4.31 Å². The average molecular weight is 341 g/mol. The highest BCUT2D eigenvalue weighted by Gasteiger charge is 2.32. The van der Waals surface area contributed by atoms with Crippen molar-refractivity contribution in [3.8, 4) is 0 Å². The second-order valence-electron chi connectivity index (χ2n) is 4.45. The van der Waals surface area contributed by atoms with Crippen molar-refractivity contribution in [2.75, 3.05) is 37.4 Å². The first-order valence-electron chi connectivity index (χ1n) is 5.99. The summed E-state index contributed by atoms with van der Waals surface area (Å²) in [4.78, 5) is 13.8. The van der Waals surface area contributed by atoms with Crippen LogP contribution in [-0.2, 0) is 19.6 Å². The molecule has 6 nitrogen and oxygen atoms in total. The van der Waals surface area contributed by atoms with Crippen molar-refractivity contribution >= 4 is 31.9 Å². The van der Waals surface area contributed by atoms with Gasteiger partial charge in [0.25, 0.3) is 5.91 Å². The third kappa shape index (κ3) is 3.04. The molecule has 2 aliphatic rings. The quantitative estimate of drug-likeness (QED) is 0.678. The number of ether oxygens (including phenoxy) is 1. The first kappa shape index (κ1) is 14.2. The van der Waals surface area contributed by atoms with Gasteiger partial charge in [-0.25, -0.2) is 8.42 Å². The van der Waals surface area contributed by atoms with Crippen molar-refractivity contribution in [3.63, 3.8) is 0 Å². The van der Waals surface area contributed by atoms with Crippen LogP contribution in [0.5, 0.6) is 0 Å². The van der Waals surface area contributed by atoms with Crippen molar-refractivity contribution < 1.29 is 17.9 Å². The van der Waals surface area contributed by atoms with Gasteiger partial charge in [-0.1, -0.05) is 15.9 Å². The van der Waals surface area contributed by atoms with E-state index in [1.54, 1.807) is 4.90 Å². The fraction of sp³-hybridized carbons (Fsp3) is 0.900. The lowest BCUT2D eigenvalue weighted by Crippen LogP contribution is -2.52. The van der Waals surface area contributed by atoms with E-state index in [1.165, 1.54) is 4.31 Å². The molecule has 0 aromatic carbocycles. The minimum Gasteiger partial charge on any atom is -0.368 e. The van der Waals surface area contributed by atoms with Crippen molar-refractivity contribution in [1.82, 2.24) is 9.21 Å². The van der Waals surface area contributed by atoms with Gasteiger partial charge < -0.3 is 9.64 Å². The summed E-state index contributed by atoms with van der Waals surface area (Å²) in [5.74, 6) is 0.00314. The van der Waals surface area contributed by atoms with Gasteiger partial charge in [0, 0.05) is 32.8 Å². The highest BCUT2D eigenvalue weighted by atomic mass is 79.9. The summed E-state index contributed by atoms with van der Waals surface area (Å²) in [6.45, 7) is 2.28. The van der Waals surface area contributed by atoms with Crippen LogP contribution in [-0.4, -0.2) is 67.1 Å². The van der Waals surface area contributed by atoms with E-state index in [0.29, 0.717) is 32.8 Å². The minimum absolute atomic E-state index is 0.00314. The summed E-state index contributed by atoms with van der Waals surface area (Å²) in [5.41, 5.74) is 0. The van der Waals surface area contributed by atoms with Crippen LogP contribution in [0, 0.1) is 0 Å². The Hall–Kier alpha value is -0.180. The molecule has 18 heavy (non-hydrogen) atoms. The molecule has 104 valence electrons. The molecule has 1 unspecified atom stereocenters. The maximum atomic E-state index is 12.0. The minimum atomic E-state index is -3.21. The Balaban J connectivity index is 1.88. The summed E-state index contributed by atoms with van der Waals surface area (Å²) in [6.07, 6.45) is 1.39. The van der Waals surface area contributed by atoms with Crippen LogP contribution in [0.3, 0.4) is 0 Å². The third-order valence-corrected chi connectivity index (χ3v) is 6.45. The first-order valence-corrected chi connectivity index (χ1v) is 8.72. The van der Waals surface area contributed by atoms with Crippen molar-refractivity contribution in [1.29, 1.82) is 0 Å². The van der Waals surface area contributed by atoms with E-state index >= 15 is 0 Å². The summed E-state index contributed by atoms with van der Waals surface area (Å²) in [5, 5.41) is 0. The predicted molar refractivity (Wildman–Crippen MR) is 69.8 cm³/mol. The molecule has 1 amide bonds. The second-order valence-corrected chi connectivity index (χ2v) is 7.72. The number of carbonyl (C=O) groups is 1. The molecule has 2 heterocycles. The summed E-state index contributed by atoms with van der Waals surface area (Å²) < 4.78 is 30.0. The lowest BCUT2D eigenvalue weighted by Gasteiger charge is -2.34. The lowest BCUT2D eigenvalue weighted by molar-refractivity contribution is -0.142. The Labute approximate surface area is 115 Å². The Bertz CT molecular complexity index is 400. The fourth-order valence-electron chi connectivity index (χ4n) is 2.23. The molecule has 0 aromatic rings. The monoisotopic (exact) mass is 340 g/mol. The summed E-state index contributed by atoms with van der Waals surface area (Å²) in [6, 6.07) is 0. The molecule has 8 heteroatoms. The van der Waals surface area contributed by atoms with Gasteiger partial charge in [0.15, 0.2) is 0 Å². The lowest BCUT2D eigenvalue weighted by atomic mass is 10.2. The largest absolute Gasteiger partial charge is 0.368 e. The number of rotatable bonds is 3. The molecule has 0 bridgehead atoms. The Morgan fingerprint density at radius 1 is 1.28 bits per heavy atom. The normalized spacial score (nSPS) is 26.5. The van der Waals surface area contributed by atoms with Crippen LogP contribution in [0.15, 0.2) is 0 Å². The Morgan fingerprint density at radius 3 is 2.44 bits per heavy atom. The van der Waals surface area contributed by atoms with Gasteiger partial charge in [-0.15, -0.1) is 0 Å². The molecule has 0 aromatic heterocycles. The average Bonchev–Trinajstić information content (AvgIpc) is 2.92. The van der Waals surface area contributed by atoms with Gasteiger partial charge >= 0.3 is 0 Å². The number of hydrogen-bond donors (Lipinski definition) is 0. The molecule has 2 saturated heterocycles. The zero-order chi connectivity index (χ0) is 13.2. The first-order chi connectivity index (χ1) is 8.54. The van der Waals surface area contributed by atoms with Gasteiger partial charge in [-0.05, 0) is 12.8 Å². The Kier molecular flexibility index (Phi) is 4.63. The number of carbonyl (C=O) groups excluding carboxylic acids is 1. The van der Waals surface area contributed by atoms with Gasteiger partial charge in [-0.3, -0.25) is 4.79 Å². The van der Waals surface area contributed by atoms with E-state index in [4.69, 9.17) is 4.74 Å². The maximum Gasteiger partial charge on any atom is 0.251 e. The van der Waals surface area contributed by atoms with E-state index < -0.39 is 10.0 Å².